The lowest BCUT2D eigenvalue weighted by atomic mass is 9.89. The Morgan fingerprint density at radius 2 is 2.06 bits per heavy atom. The monoisotopic (exact) mass is 256 g/mol. The van der Waals surface area contributed by atoms with E-state index in [-0.39, 0.29) is 5.97 Å². The first-order valence-corrected chi connectivity index (χ1v) is 7.24. The van der Waals surface area contributed by atoms with E-state index in [0.29, 0.717) is 13.0 Å². The van der Waals surface area contributed by atoms with Crippen molar-refractivity contribution in [2.24, 2.45) is 11.7 Å². The fraction of sp³-hybridized carbons (Fsp3) is 0.929. The summed E-state index contributed by atoms with van der Waals surface area (Å²) in [5.74, 6) is 0.561. The Balaban J connectivity index is 2.15. The van der Waals surface area contributed by atoms with Crippen molar-refractivity contribution in [1.82, 2.24) is 4.90 Å². The smallest absolute Gasteiger partial charge is 0.322 e. The van der Waals surface area contributed by atoms with Crippen LogP contribution in [0.15, 0.2) is 0 Å². The van der Waals surface area contributed by atoms with Gasteiger partial charge in [-0.2, -0.15) is 0 Å². The van der Waals surface area contributed by atoms with E-state index in [4.69, 9.17) is 10.5 Å². The van der Waals surface area contributed by atoms with Crippen LogP contribution in [-0.4, -0.2) is 43.7 Å². The molecule has 106 valence electrons. The van der Waals surface area contributed by atoms with Crippen LogP contribution in [0, 0.1) is 5.92 Å². The van der Waals surface area contributed by atoms with Crippen molar-refractivity contribution in [3.63, 3.8) is 0 Å². The van der Waals surface area contributed by atoms with Gasteiger partial charge in [0, 0.05) is 6.54 Å². The summed E-state index contributed by atoms with van der Waals surface area (Å²) >= 11 is 0. The molecule has 18 heavy (non-hydrogen) atoms. The number of carbonyl (C=O) groups excluding carboxylic acids is 1. The second kappa shape index (κ2) is 8.48. The summed E-state index contributed by atoms with van der Waals surface area (Å²) in [6.45, 7) is 4.22. The normalized spacial score (nSPS) is 18.9. The summed E-state index contributed by atoms with van der Waals surface area (Å²) in [6.07, 6.45) is 7.54. The summed E-state index contributed by atoms with van der Waals surface area (Å²) in [6, 6.07) is -0.473. The van der Waals surface area contributed by atoms with Gasteiger partial charge in [0.2, 0.25) is 0 Å². The topological polar surface area (TPSA) is 55.6 Å². The van der Waals surface area contributed by atoms with Crippen molar-refractivity contribution < 1.29 is 9.53 Å². The number of nitrogens with two attached hydrogens (primary N) is 1. The van der Waals surface area contributed by atoms with Gasteiger partial charge in [-0.25, -0.2) is 0 Å². The molecule has 4 nitrogen and oxygen atoms in total. The molecule has 1 atom stereocenters. The van der Waals surface area contributed by atoms with Crippen LogP contribution in [-0.2, 0) is 9.53 Å². The number of ether oxygens (including phenoxy) is 1. The number of nitrogens with zero attached hydrogens (tertiary/aromatic N) is 1. The predicted molar refractivity (Wildman–Crippen MR) is 73.3 cm³/mol. The lowest BCUT2D eigenvalue weighted by molar-refractivity contribution is -0.144. The van der Waals surface area contributed by atoms with Gasteiger partial charge >= 0.3 is 5.97 Å². The minimum atomic E-state index is -0.473. The van der Waals surface area contributed by atoms with E-state index < -0.39 is 6.04 Å². The summed E-state index contributed by atoms with van der Waals surface area (Å²) in [4.78, 5) is 13.7. The van der Waals surface area contributed by atoms with E-state index in [1.54, 1.807) is 6.92 Å². The zero-order chi connectivity index (χ0) is 13.4. The quantitative estimate of drug-likeness (QED) is 0.705. The maximum atomic E-state index is 11.4. The summed E-state index contributed by atoms with van der Waals surface area (Å²) < 4.78 is 4.90. The first kappa shape index (κ1) is 15.4. The standard InChI is InChI=1S/C14H28N2O2/c1-3-18-14(17)13(15)9-10-16(2)11-12-7-5-4-6-8-12/h12-13H,3-11,15H2,1-2H3. The Kier molecular flexibility index (Phi) is 7.28. The van der Waals surface area contributed by atoms with E-state index >= 15 is 0 Å². The molecule has 0 saturated heterocycles. The van der Waals surface area contributed by atoms with Gasteiger partial charge in [0.05, 0.1) is 6.61 Å². The molecule has 0 aromatic heterocycles. The van der Waals surface area contributed by atoms with E-state index in [2.05, 4.69) is 11.9 Å². The third-order valence-corrected chi connectivity index (χ3v) is 3.71. The average Bonchev–Trinajstić information content (AvgIpc) is 2.37. The highest BCUT2D eigenvalue weighted by Crippen LogP contribution is 2.24. The van der Waals surface area contributed by atoms with Gasteiger partial charge in [0.15, 0.2) is 0 Å². The second-order valence-electron chi connectivity index (χ2n) is 5.41. The van der Waals surface area contributed by atoms with Crippen molar-refractivity contribution in [1.29, 1.82) is 0 Å². The van der Waals surface area contributed by atoms with Gasteiger partial charge < -0.3 is 15.4 Å². The maximum Gasteiger partial charge on any atom is 0.322 e. The van der Waals surface area contributed by atoms with Crippen LogP contribution in [0.4, 0.5) is 0 Å². The predicted octanol–water partition coefficient (Wildman–Crippen LogP) is 1.78. The van der Waals surface area contributed by atoms with Crippen LogP contribution in [0.1, 0.15) is 45.4 Å². The van der Waals surface area contributed by atoms with Gasteiger partial charge in [-0.3, -0.25) is 4.79 Å². The molecule has 2 N–H and O–H groups in total. The molecule has 1 saturated carbocycles. The van der Waals surface area contributed by atoms with Gasteiger partial charge in [-0.1, -0.05) is 19.3 Å². The largest absolute Gasteiger partial charge is 0.465 e. The molecule has 0 aromatic rings. The lowest BCUT2D eigenvalue weighted by Gasteiger charge is -2.27. The van der Waals surface area contributed by atoms with Crippen molar-refractivity contribution >= 4 is 5.97 Å². The zero-order valence-electron chi connectivity index (χ0n) is 11.9. The molecule has 0 aliphatic heterocycles. The summed E-state index contributed by atoms with van der Waals surface area (Å²) in [5.41, 5.74) is 5.78. The fourth-order valence-electron chi connectivity index (χ4n) is 2.63. The Labute approximate surface area is 111 Å². The van der Waals surface area contributed by atoms with Crippen LogP contribution in [0.25, 0.3) is 0 Å². The number of hydrogen-bond donors (Lipinski definition) is 1. The second-order valence-corrected chi connectivity index (χ2v) is 5.41. The minimum Gasteiger partial charge on any atom is -0.465 e. The molecule has 1 unspecified atom stereocenters. The van der Waals surface area contributed by atoms with Crippen LogP contribution >= 0.6 is 0 Å². The number of rotatable bonds is 7. The van der Waals surface area contributed by atoms with Gasteiger partial charge in [0.1, 0.15) is 6.04 Å². The molecule has 1 aliphatic carbocycles. The lowest BCUT2D eigenvalue weighted by Crippen LogP contribution is -2.37. The molecule has 0 amide bonds. The summed E-state index contributed by atoms with van der Waals surface area (Å²) in [5, 5.41) is 0. The third-order valence-electron chi connectivity index (χ3n) is 3.71. The first-order valence-electron chi connectivity index (χ1n) is 7.24. The molecule has 0 radical (unpaired) electrons. The molecule has 1 aliphatic rings. The van der Waals surface area contributed by atoms with E-state index in [9.17, 15) is 4.79 Å². The number of hydrogen-bond acceptors (Lipinski definition) is 4. The first-order chi connectivity index (χ1) is 8.63. The van der Waals surface area contributed by atoms with Crippen molar-refractivity contribution in [3.05, 3.63) is 0 Å². The van der Waals surface area contributed by atoms with Crippen molar-refractivity contribution in [2.75, 3.05) is 26.7 Å². The van der Waals surface area contributed by atoms with Gasteiger partial charge in [0.25, 0.3) is 0 Å². The SMILES string of the molecule is CCOC(=O)C(N)CCN(C)CC1CCCCC1. The molecule has 4 heteroatoms. The van der Waals surface area contributed by atoms with E-state index in [1.165, 1.54) is 32.1 Å². The van der Waals surface area contributed by atoms with Crippen molar-refractivity contribution in [3.8, 4) is 0 Å². The van der Waals surface area contributed by atoms with Gasteiger partial charge in [-0.15, -0.1) is 0 Å². The van der Waals surface area contributed by atoms with E-state index in [0.717, 1.165) is 19.0 Å². The maximum absolute atomic E-state index is 11.4. The molecule has 0 heterocycles. The Bertz CT molecular complexity index is 240. The number of esters is 1. The molecule has 1 fully saturated rings. The Hall–Kier alpha value is -0.610. The Morgan fingerprint density at radius 1 is 1.39 bits per heavy atom. The molecule has 0 spiro atoms. The Morgan fingerprint density at radius 3 is 2.67 bits per heavy atom. The molecule has 0 bridgehead atoms. The van der Waals surface area contributed by atoms with E-state index in [1.807, 2.05) is 0 Å². The van der Waals surface area contributed by atoms with Crippen LogP contribution in [0.3, 0.4) is 0 Å². The van der Waals surface area contributed by atoms with Crippen LogP contribution in [0.5, 0.6) is 0 Å². The highest BCUT2D eigenvalue weighted by molar-refractivity contribution is 5.75. The molecule has 0 aromatic carbocycles. The highest BCUT2D eigenvalue weighted by atomic mass is 16.5. The summed E-state index contributed by atoms with van der Waals surface area (Å²) in [7, 11) is 2.12. The minimum absolute atomic E-state index is 0.274. The molecular formula is C14H28N2O2. The van der Waals surface area contributed by atoms with Crippen LogP contribution in [0.2, 0.25) is 0 Å². The average molecular weight is 256 g/mol. The van der Waals surface area contributed by atoms with Gasteiger partial charge in [-0.05, 0) is 45.7 Å². The van der Waals surface area contributed by atoms with Crippen molar-refractivity contribution in [2.45, 2.75) is 51.5 Å². The fourth-order valence-corrected chi connectivity index (χ4v) is 2.63. The number of carbonyl (C=O) groups is 1. The van der Waals surface area contributed by atoms with Crippen LogP contribution < -0.4 is 5.73 Å². The highest BCUT2D eigenvalue weighted by Gasteiger charge is 2.18. The molecule has 1 rings (SSSR count). The zero-order valence-corrected chi connectivity index (χ0v) is 11.9. The third kappa shape index (κ3) is 5.83. The molecular weight excluding hydrogens is 228 g/mol.